The molecule has 0 fully saturated rings. The summed E-state index contributed by atoms with van der Waals surface area (Å²) in [5, 5.41) is 8.49. The van der Waals surface area contributed by atoms with Crippen LogP contribution in [0.2, 0.25) is 5.15 Å². The van der Waals surface area contributed by atoms with Crippen molar-refractivity contribution in [3.63, 3.8) is 0 Å². The lowest BCUT2D eigenvalue weighted by Crippen LogP contribution is -2.23. The molecule has 0 saturated carbocycles. The Morgan fingerprint density at radius 3 is 2.95 bits per heavy atom. The molecule has 0 aliphatic rings. The van der Waals surface area contributed by atoms with E-state index in [-0.39, 0.29) is 0 Å². The Morgan fingerprint density at radius 2 is 2.32 bits per heavy atom. The first kappa shape index (κ1) is 13.4. The van der Waals surface area contributed by atoms with Gasteiger partial charge in [-0.15, -0.1) is 0 Å². The lowest BCUT2D eigenvalue weighted by atomic mass is 10.4. The summed E-state index contributed by atoms with van der Waals surface area (Å²) in [5.74, 6) is 0.676. The van der Waals surface area contributed by atoms with Crippen LogP contribution in [0.4, 0.5) is 5.69 Å². The van der Waals surface area contributed by atoms with Gasteiger partial charge in [0.2, 0.25) is 0 Å². The zero-order valence-electron chi connectivity index (χ0n) is 10.9. The maximum Gasteiger partial charge on any atom is 0.175 e. The molecular formula is C12H14ClN5O. The molecule has 0 aromatic carbocycles. The average molecular weight is 280 g/mol. The number of aromatic nitrogens is 3. The van der Waals surface area contributed by atoms with Gasteiger partial charge in [0.25, 0.3) is 0 Å². The summed E-state index contributed by atoms with van der Waals surface area (Å²) >= 11 is 6.14. The molecular weight excluding hydrogens is 266 g/mol. The molecule has 100 valence electrons. The summed E-state index contributed by atoms with van der Waals surface area (Å²) in [6.45, 7) is 1.82. The summed E-state index contributed by atoms with van der Waals surface area (Å²) in [6, 6.07) is 3.74. The zero-order chi connectivity index (χ0) is 13.8. The van der Waals surface area contributed by atoms with Crippen LogP contribution in [0.3, 0.4) is 0 Å². The summed E-state index contributed by atoms with van der Waals surface area (Å²) in [4.78, 5) is 10.6. The van der Waals surface area contributed by atoms with Gasteiger partial charge in [-0.25, -0.2) is 4.68 Å². The van der Waals surface area contributed by atoms with Crippen molar-refractivity contribution in [2.24, 2.45) is 5.16 Å². The van der Waals surface area contributed by atoms with Crippen LogP contribution in [0.1, 0.15) is 6.92 Å². The smallest absolute Gasteiger partial charge is 0.175 e. The molecule has 0 aliphatic heterocycles. The number of pyridine rings is 1. The fourth-order valence-electron chi connectivity index (χ4n) is 1.56. The van der Waals surface area contributed by atoms with Gasteiger partial charge in [0.1, 0.15) is 18.6 Å². The van der Waals surface area contributed by atoms with Crippen molar-refractivity contribution < 1.29 is 4.84 Å². The maximum atomic E-state index is 6.14. The summed E-state index contributed by atoms with van der Waals surface area (Å²) in [7, 11) is 3.34. The second kappa shape index (κ2) is 5.71. The number of nitrogens with zero attached hydrogens (tertiary/aromatic N) is 5. The number of hydrogen-bond donors (Lipinski definition) is 0. The third-order valence-corrected chi connectivity index (χ3v) is 2.90. The molecule has 7 heteroatoms. The molecule has 0 radical (unpaired) electrons. The molecule has 0 bridgehead atoms. The first-order valence-electron chi connectivity index (χ1n) is 5.60. The largest absolute Gasteiger partial charge is 0.398 e. The molecule has 2 heterocycles. The van der Waals surface area contributed by atoms with Gasteiger partial charge in [-0.1, -0.05) is 16.8 Å². The molecule has 0 aliphatic carbocycles. The number of hydrogen-bond acceptors (Lipinski definition) is 4. The fraction of sp³-hybridized carbons (Fsp3) is 0.250. The number of rotatable bonds is 3. The van der Waals surface area contributed by atoms with E-state index in [2.05, 4.69) is 15.2 Å². The molecule has 2 aromatic heterocycles. The quantitative estimate of drug-likeness (QED) is 0.492. The molecule has 2 aromatic rings. The lowest BCUT2D eigenvalue weighted by molar-refractivity contribution is 0.212. The van der Waals surface area contributed by atoms with Crippen molar-refractivity contribution in [2.45, 2.75) is 6.92 Å². The number of halogens is 1. The molecule has 0 N–H and O–H groups in total. The van der Waals surface area contributed by atoms with Gasteiger partial charge in [-0.05, 0) is 19.1 Å². The molecule has 19 heavy (non-hydrogen) atoms. The van der Waals surface area contributed by atoms with Crippen LogP contribution in [0.5, 0.6) is 0 Å². The SMILES string of the molecule is CO/N=C(\C)N(C)c1cn(-c2cccnc2)nc1Cl. The topological polar surface area (TPSA) is 55.5 Å². The van der Waals surface area contributed by atoms with Crippen molar-refractivity contribution in [1.82, 2.24) is 14.8 Å². The van der Waals surface area contributed by atoms with E-state index in [0.717, 1.165) is 11.4 Å². The van der Waals surface area contributed by atoms with Crippen LogP contribution in [0.15, 0.2) is 35.9 Å². The Bertz CT molecular complexity index is 581. The van der Waals surface area contributed by atoms with E-state index >= 15 is 0 Å². The predicted molar refractivity (Wildman–Crippen MR) is 74.9 cm³/mol. The van der Waals surface area contributed by atoms with Crippen LogP contribution in [-0.4, -0.2) is 34.8 Å². The molecule has 0 atom stereocenters. The van der Waals surface area contributed by atoms with Crippen LogP contribution < -0.4 is 4.90 Å². The van der Waals surface area contributed by atoms with Gasteiger partial charge >= 0.3 is 0 Å². The van der Waals surface area contributed by atoms with Crippen molar-refractivity contribution >= 4 is 23.1 Å². The fourth-order valence-corrected chi connectivity index (χ4v) is 1.81. The highest BCUT2D eigenvalue weighted by molar-refractivity contribution is 6.32. The average Bonchev–Trinajstić information content (AvgIpc) is 2.81. The minimum atomic E-state index is 0.386. The van der Waals surface area contributed by atoms with E-state index in [4.69, 9.17) is 16.4 Å². The summed E-state index contributed by atoms with van der Waals surface area (Å²) in [5.41, 5.74) is 1.58. The monoisotopic (exact) mass is 279 g/mol. The van der Waals surface area contributed by atoms with Crippen LogP contribution in [0.25, 0.3) is 5.69 Å². The highest BCUT2D eigenvalue weighted by atomic mass is 35.5. The maximum absolute atomic E-state index is 6.14. The molecule has 0 amide bonds. The van der Waals surface area contributed by atoms with Crippen LogP contribution in [-0.2, 0) is 4.84 Å². The normalized spacial score (nSPS) is 11.5. The molecule has 0 unspecified atom stereocenters. The van der Waals surface area contributed by atoms with Gasteiger partial charge in [0.05, 0.1) is 18.1 Å². The van der Waals surface area contributed by atoms with Crippen molar-refractivity contribution in [3.05, 3.63) is 35.9 Å². The van der Waals surface area contributed by atoms with E-state index in [0.29, 0.717) is 11.0 Å². The predicted octanol–water partition coefficient (Wildman–Crippen LogP) is 2.34. The molecule has 0 saturated heterocycles. The molecule has 6 nitrogen and oxygen atoms in total. The van der Waals surface area contributed by atoms with Crippen LogP contribution in [0, 0.1) is 0 Å². The van der Waals surface area contributed by atoms with E-state index in [1.807, 2.05) is 32.3 Å². The van der Waals surface area contributed by atoms with Gasteiger partial charge in [0.15, 0.2) is 5.15 Å². The Labute approximate surface area is 116 Å². The van der Waals surface area contributed by atoms with Gasteiger partial charge in [-0.3, -0.25) is 4.98 Å². The number of amidine groups is 1. The number of anilines is 1. The Morgan fingerprint density at radius 1 is 1.53 bits per heavy atom. The van der Waals surface area contributed by atoms with E-state index < -0.39 is 0 Å². The van der Waals surface area contributed by atoms with Gasteiger partial charge < -0.3 is 9.74 Å². The standard InChI is InChI=1S/C12H14ClN5O/c1-9(16-19-3)17(2)11-8-18(15-12(11)13)10-5-4-6-14-7-10/h4-8H,1-3H3/b16-9+. The Balaban J connectivity index is 2.34. The molecule has 2 rings (SSSR count). The minimum absolute atomic E-state index is 0.386. The van der Waals surface area contributed by atoms with E-state index in [1.165, 1.54) is 7.11 Å². The second-order valence-corrected chi connectivity index (χ2v) is 4.20. The van der Waals surface area contributed by atoms with E-state index in [9.17, 15) is 0 Å². The zero-order valence-corrected chi connectivity index (χ0v) is 11.7. The Hall–Kier alpha value is -2.08. The molecule has 0 spiro atoms. The van der Waals surface area contributed by atoms with E-state index in [1.54, 1.807) is 22.0 Å². The van der Waals surface area contributed by atoms with Gasteiger partial charge in [0, 0.05) is 13.2 Å². The third-order valence-electron chi connectivity index (χ3n) is 2.63. The van der Waals surface area contributed by atoms with Crippen LogP contribution >= 0.6 is 11.6 Å². The number of oxime groups is 1. The van der Waals surface area contributed by atoms with Crippen molar-refractivity contribution in [1.29, 1.82) is 0 Å². The second-order valence-electron chi connectivity index (χ2n) is 3.84. The lowest BCUT2D eigenvalue weighted by Gasteiger charge is -2.15. The minimum Gasteiger partial charge on any atom is -0.398 e. The first-order valence-corrected chi connectivity index (χ1v) is 5.98. The third kappa shape index (κ3) is 2.85. The Kier molecular flexibility index (Phi) is 4.01. The summed E-state index contributed by atoms with van der Waals surface area (Å²) in [6.07, 6.45) is 5.23. The van der Waals surface area contributed by atoms with Crippen molar-refractivity contribution in [3.8, 4) is 5.69 Å². The highest BCUT2D eigenvalue weighted by Crippen LogP contribution is 2.25. The first-order chi connectivity index (χ1) is 9.13. The van der Waals surface area contributed by atoms with Crippen molar-refractivity contribution in [2.75, 3.05) is 19.1 Å². The highest BCUT2D eigenvalue weighted by Gasteiger charge is 2.14. The summed E-state index contributed by atoms with van der Waals surface area (Å²) < 4.78 is 1.67. The van der Waals surface area contributed by atoms with Gasteiger partial charge in [-0.2, -0.15) is 5.10 Å².